The van der Waals surface area contributed by atoms with E-state index in [1.54, 1.807) is 30.7 Å². The molecule has 2 amide bonds. The van der Waals surface area contributed by atoms with Crippen molar-refractivity contribution in [2.45, 2.75) is 33.1 Å². The smallest absolute Gasteiger partial charge is 0.287 e. The molecule has 7 heteroatoms. The summed E-state index contributed by atoms with van der Waals surface area (Å²) >= 11 is 0. The first-order chi connectivity index (χ1) is 14.9. The number of furan rings is 1. The average Bonchev–Trinajstić information content (AvgIpc) is 3.30. The SMILES string of the molecule is C=N/C=C\c1cc(C(=O)NCC2CC23CCN(C(=O)c2cnccc2C)CC3)oc1C. The number of hydrogen-bond donors (Lipinski definition) is 1. The third kappa shape index (κ3) is 4.31. The summed E-state index contributed by atoms with van der Waals surface area (Å²) in [5, 5.41) is 3.02. The highest BCUT2D eigenvalue weighted by molar-refractivity contribution is 5.95. The minimum Gasteiger partial charge on any atom is -0.456 e. The lowest BCUT2D eigenvalue weighted by Crippen LogP contribution is -2.40. The Morgan fingerprint density at radius 3 is 2.87 bits per heavy atom. The van der Waals surface area contributed by atoms with E-state index in [0.29, 0.717) is 29.5 Å². The largest absolute Gasteiger partial charge is 0.456 e. The van der Waals surface area contributed by atoms with Gasteiger partial charge in [-0.05, 0) is 74.9 Å². The van der Waals surface area contributed by atoms with E-state index in [1.807, 2.05) is 24.8 Å². The van der Waals surface area contributed by atoms with Crippen molar-refractivity contribution in [1.29, 1.82) is 0 Å². The molecule has 2 fully saturated rings. The van der Waals surface area contributed by atoms with Crippen molar-refractivity contribution in [1.82, 2.24) is 15.2 Å². The molecule has 1 spiro atoms. The molecule has 1 N–H and O–H groups in total. The molecule has 2 aromatic heterocycles. The number of aliphatic imine (C=N–C) groups is 1. The van der Waals surface area contributed by atoms with Crippen molar-refractivity contribution in [3.63, 3.8) is 0 Å². The van der Waals surface area contributed by atoms with E-state index in [0.717, 1.165) is 43.5 Å². The number of amides is 2. The van der Waals surface area contributed by atoms with Gasteiger partial charge in [0.05, 0.1) is 5.56 Å². The molecule has 7 nitrogen and oxygen atoms in total. The topological polar surface area (TPSA) is 87.8 Å². The van der Waals surface area contributed by atoms with Crippen LogP contribution in [0.3, 0.4) is 0 Å². The molecule has 1 saturated heterocycles. The van der Waals surface area contributed by atoms with E-state index >= 15 is 0 Å². The van der Waals surface area contributed by atoms with Crippen LogP contribution in [-0.4, -0.2) is 48.1 Å². The van der Waals surface area contributed by atoms with Gasteiger partial charge < -0.3 is 14.6 Å². The van der Waals surface area contributed by atoms with Crippen LogP contribution in [0.2, 0.25) is 0 Å². The van der Waals surface area contributed by atoms with Crippen LogP contribution in [0, 0.1) is 25.2 Å². The van der Waals surface area contributed by atoms with E-state index in [4.69, 9.17) is 4.42 Å². The quantitative estimate of drug-likeness (QED) is 0.723. The van der Waals surface area contributed by atoms with Crippen molar-refractivity contribution in [3.8, 4) is 0 Å². The third-order valence-corrected chi connectivity index (χ3v) is 6.72. The van der Waals surface area contributed by atoms with Crippen LogP contribution in [0.5, 0.6) is 0 Å². The Balaban J connectivity index is 1.28. The molecule has 1 saturated carbocycles. The van der Waals surface area contributed by atoms with Gasteiger partial charge in [0.15, 0.2) is 5.76 Å². The number of likely N-dealkylation sites (tertiary alicyclic amines) is 1. The summed E-state index contributed by atoms with van der Waals surface area (Å²) in [6.45, 7) is 9.30. The van der Waals surface area contributed by atoms with E-state index in [9.17, 15) is 9.59 Å². The van der Waals surface area contributed by atoms with Crippen LogP contribution in [0.25, 0.3) is 6.08 Å². The van der Waals surface area contributed by atoms with Gasteiger partial charge in [-0.1, -0.05) is 0 Å². The maximum absolute atomic E-state index is 12.8. The number of aromatic nitrogens is 1. The Morgan fingerprint density at radius 2 is 2.16 bits per heavy atom. The molecule has 3 heterocycles. The molecule has 31 heavy (non-hydrogen) atoms. The van der Waals surface area contributed by atoms with Crippen LogP contribution < -0.4 is 5.32 Å². The van der Waals surface area contributed by atoms with Crippen LogP contribution in [0.15, 0.2) is 40.1 Å². The molecule has 1 atom stereocenters. The molecular formula is C24H28N4O3. The Bertz CT molecular complexity index is 1030. The van der Waals surface area contributed by atoms with Gasteiger partial charge in [0.25, 0.3) is 11.8 Å². The zero-order valence-electron chi connectivity index (χ0n) is 18.1. The van der Waals surface area contributed by atoms with Crippen molar-refractivity contribution in [2.75, 3.05) is 19.6 Å². The number of carbonyl (C=O) groups is 2. The van der Waals surface area contributed by atoms with Gasteiger partial charge in [-0.15, -0.1) is 0 Å². The summed E-state index contributed by atoms with van der Waals surface area (Å²) in [4.78, 5) is 35.0. The van der Waals surface area contributed by atoms with Crippen molar-refractivity contribution in [3.05, 3.63) is 58.9 Å². The van der Waals surface area contributed by atoms with Gasteiger partial charge in [0.2, 0.25) is 0 Å². The van der Waals surface area contributed by atoms with Gasteiger partial charge in [-0.2, -0.15) is 0 Å². The molecule has 0 radical (unpaired) electrons. The average molecular weight is 421 g/mol. The normalized spacial score (nSPS) is 19.5. The maximum atomic E-state index is 12.8. The lowest BCUT2D eigenvalue weighted by atomic mass is 9.90. The highest BCUT2D eigenvalue weighted by atomic mass is 16.3. The summed E-state index contributed by atoms with van der Waals surface area (Å²) in [5.41, 5.74) is 2.71. The van der Waals surface area contributed by atoms with Gasteiger partial charge in [-0.3, -0.25) is 19.6 Å². The number of pyridine rings is 1. The standard InChI is InChI=1S/C24H28N4O3/c1-16-4-9-26-15-20(16)23(30)28-10-6-24(7-11-28)13-19(24)14-27-22(29)21-12-18(5-8-25-3)17(2)31-21/h4-5,8-9,12,15,19H,3,6-7,10-11,13-14H2,1-2H3,(H,27,29)/b8-5-. The number of nitrogens with one attached hydrogen (secondary N) is 1. The minimum atomic E-state index is -0.198. The van der Waals surface area contributed by atoms with Gasteiger partial charge >= 0.3 is 0 Å². The van der Waals surface area contributed by atoms with Crippen molar-refractivity contribution < 1.29 is 14.0 Å². The molecular weight excluding hydrogens is 392 g/mol. The fourth-order valence-corrected chi connectivity index (χ4v) is 4.56. The predicted molar refractivity (Wildman–Crippen MR) is 119 cm³/mol. The highest BCUT2D eigenvalue weighted by Crippen LogP contribution is 2.59. The summed E-state index contributed by atoms with van der Waals surface area (Å²) in [6.07, 6.45) is 9.74. The zero-order valence-corrected chi connectivity index (χ0v) is 18.1. The van der Waals surface area contributed by atoms with Crippen molar-refractivity contribution >= 4 is 24.6 Å². The molecule has 0 bridgehead atoms. The molecule has 1 unspecified atom stereocenters. The van der Waals surface area contributed by atoms with E-state index < -0.39 is 0 Å². The van der Waals surface area contributed by atoms with E-state index in [-0.39, 0.29) is 17.2 Å². The second kappa shape index (κ2) is 8.49. The molecule has 0 aromatic carbocycles. The molecule has 1 aliphatic heterocycles. The van der Waals surface area contributed by atoms with Gasteiger partial charge in [-0.25, -0.2) is 0 Å². The summed E-state index contributed by atoms with van der Waals surface area (Å²) in [6, 6.07) is 3.59. The fourth-order valence-electron chi connectivity index (χ4n) is 4.56. The second-order valence-electron chi connectivity index (χ2n) is 8.58. The lowest BCUT2D eigenvalue weighted by molar-refractivity contribution is 0.0667. The number of hydrogen-bond acceptors (Lipinski definition) is 5. The third-order valence-electron chi connectivity index (χ3n) is 6.72. The number of aryl methyl sites for hydroxylation is 2. The summed E-state index contributed by atoms with van der Waals surface area (Å²) in [7, 11) is 0. The first-order valence-electron chi connectivity index (χ1n) is 10.6. The fraction of sp³-hybridized carbons (Fsp3) is 0.417. The Hall–Kier alpha value is -3.22. The van der Waals surface area contributed by atoms with Crippen LogP contribution in [0.4, 0.5) is 0 Å². The minimum absolute atomic E-state index is 0.0654. The van der Waals surface area contributed by atoms with Crippen LogP contribution in [-0.2, 0) is 0 Å². The van der Waals surface area contributed by atoms with E-state index in [2.05, 4.69) is 22.0 Å². The molecule has 1 aliphatic carbocycles. The van der Waals surface area contributed by atoms with Crippen molar-refractivity contribution in [2.24, 2.45) is 16.3 Å². The number of piperidine rings is 1. The Kier molecular flexibility index (Phi) is 5.76. The number of nitrogens with zero attached hydrogens (tertiary/aromatic N) is 3. The Labute approximate surface area is 182 Å². The summed E-state index contributed by atoms with van der Waals surface area (Å²) < 4.78 is 5.58. The summed E-state index contributed by atoms with van der Waals surface area (Å²) in [5.74, 6) is 1.30. The molecule has 162 valence electrons. The maximum Gasteiger partial charge on any atom is 0.287 e. The first-order valence-corrected chi connectivity index (χ1v) is 10.6. The Morgan fingerprint density at radius 1 is 1.39 bits per heavy atom. The van der Waals surface area contributed by atoms with Gasteiger partial charge in [0, 0.05) is 43.8 Å². The molecule has 2 aromatic rings. The predicted octanol–water partition coefficient (Wildman–Crippen LogP) is 3.64. The van der Waals surface area contributed by atoms with Crippen LogP contribution >= 0.6 is 0 Å². The second-order valence-corrected chi connectivity index (χ2v) is 8.58. The monoisotopic (exact) mass is 420 g/mol. The lowest BCUT2D eigenvalue weighted by Gasteiger charge is -2.33. The van der Waals surface area contributed by atoms with Crippen LogP contribution in [0.1, 0.15) is 57.1 Å². The number of carbonyl (C=O) groups excluding carboxylic acids is 2. The van der Waals surface area contributed by atoms with E-state index in [1.165, 1.54) is 0 Å². The molecule has 4 rings (SSSR count). The zero-order chi connectivity index (χ0) is 22.0. The molecule has 2 aliphatic rings. The first kappa shape index (κ1) is 21.0. The number of rotatable bonds is 6. The highest BCUT2D eigenvalue weighted by Gasteiger charge is 2.54. The van der Waals surface area contributed by atoms with Gasteiger partial charge in [0.1, 0.15) is 5.76 Å².